The molecular formula is C30H30N4O5S. The number of nitrogens with zero attached hydrogens (tertiary/aromatic N) is 1. The van der Waals surface area contributed by atoms with Crippen molar-refractivity contribution in [3.05, 3.63) is 125 Å². The van der Waals surface area contributed by atoms with E-state index in [1.54, 1.807) is 17.6 Å². The molecule has 0 fully saturated rings. The first-order valence-electron chi connectivity index (χ1n) is 13.0. The van der Waals surface area contributed by atoms with Crippen molar-refractivity contribution in [2.24, 2.45) is 0 Å². The molecule has 0 saturated heterocycles. The molecule has 4 N–H and O–H groups in total. The topological polar surface area (TPSA) is 132 Å². The van der Waals surface area contributed by atoms with Crippen molar-refractivity contribution in [3.8, 4) is 0 Å². The van der Waals surface area contributed by atoms with Gasteiger partial charge in [-0.05, 0) is 65.8 Å². The predicted octanol–water partition coefficient (Wildman–Crippen LogP) is 3.81. The van der Waals surface area contributed by atoms with Crippen molar-refractivity contribution < 1.29 is 23.2 Å². The van der Waals surface area contributed by atoms with Gasteiger partial charge in [-0.15, -0.1) is 0 Å². The lowest BCUT2D eigenvalue weighted by Gasteiger charge is -2.25. The fourth-order valence-electron chi connectivity index (χ4n) is 4.94. The van der Waals surface area contributed by atoms with E-state index < -0.39 is 15.9 Å². The van der Waals surface area contributed by atoms with Crippen LogP contribution in [0.2, 0.25) is 0 Å². The highest BCUT2D eigenvalue weighted by atomic mass is 32.2. The molecule has 0 radical (unpaired) electrons. The smallest absolute Gasteiger partial charge is 0.274 e. The largest absolute Gasteiger partial charge is 0.348 e. The van der Waals surface area contributed by atoms with Crippen molar-refractivity contribution in [2.45, 2.75) is 43.4 Å². The van der Waals surface area contributed by atoms with Gasteiger partial charge in [-0.2, -0.15) is 4.31 Å². The van der Waals surface area contributed by atoms with Crippen LogP contribution in [0, 0.1) is 0 Å². The molecule has 1 aliphatic carbocycles. The summed E-state index contributed by atoms with van der Waals surface area (Å²) >= 11 is 0. The van der Waals surface area contributed by atoms with Gasteiger partial charge in [0.25, 0.3) is 21.8 Å². The van der Waals surface area contributed by atoms with Crippen LogP contribution in [0.4, 0.5) is 0 Å². The Labute approximate surface area is 232 Å². The zero-order chi connectivity index (χ0) is 28.1. The number of sulfonamides is 1. The number of benzene rings is 3. The minimum absolute atomic E-state index is 0.0480. The molecule has 5 rings (SSSR count). The number of H-pyrrole nitrogens is 1. The molecule has 10 heteroatoms. The summed E-state index contributed by atoms with van der Waals surface area (Å²) in [7, 11) is -3.95. The zero-order valence-electron chi connectivity index (χ0n) is 21.7. The molecule has 1 atom stereocenters. The minimum Gasteiger partial charge on any atom is -0.348 e. The van der Waals surface area contributed by atoms with Crippen LogP contribution in [0.15, 0.2) is 96.0 Å². The van der Waals surface area contributed by atoms with E-state index in [0.717, 1.165) is 22.3 Å². The summed E-state index contributed by atoms with van der Waals surface area (Å²) in [5.74, 6) is -0.953. The fraction of sp³-hybridized carbons (Fsp3) is 0.200. The molecule has 0 aliphatic heterocycles. The fourth-order valence-corrected chi connectivity index (χ4v) is 6.34. The molecule has 1 aliphatic rings. The Bertz CT molecular complexity index is 1560. The Balaban J connectivity index is 1.30. The van der Waals surface area contributed by atoms with Gasteiger partial charge in [0.15, 0.2) is 0 Å². The zero-order valence-corrected chi connectivity index (χ0v) is 22.5. The number of nitrogens with one attached hydrogen (secondary N) is 3. The van der Waals surface area contributed by atoms with Crippen LogP contribution in [-0.2, 0) is 36.0 Å². The lowest BCUT2D eigenvalue weighted by atomic mass is 9.87. The molecule has 2 amide bonds. The number of hydroxylamine groups is 1. The number of aromatic amines is 1. The summed E-state index contributed by atoms with van der Waals surface area (Å²) < 4.78 is 28.8. The highest BCUT2D eigenvalue weighted by Gasteiger charge is 2.28. The monoisotopic (exact) mass is 558 g/mol. The highest BCUT2D eigenvalue weighted by Crippen LogP contribution is 2.24. The summed E-state index contributed by atoms with van der Waals surface area (Å²) in [5.41, 5.74) is 5.90. The standard InChI is InChI=1S/C30H30N4O5S/c35-29(33-37)25-12-11-24-18-26(14-13-23(24)17-25)31-30(36)27-15-16-28(32-27)40(38,39)34(19-21-7-3-1-4-8-21)20-22-9-5-2-6-10-22/h1-12,15-17,26,32,37H,13-14,18-20H2,(H,31,36)(H,33,35). The second kappa shape index (κ2) is 11.9. The lowest BCUT2D eigenvalue weighted by molar-refractivity contribution is 0.0706. The highest BCUT2D eigenvalue weighted by molar-refractivity contribution is 7.89. The molecular weight excluding hydrogens is 528 g/mol. The van der Waals surface area contributed by atoms with Crippen molar-refractivity contribution in [1.29, 1.82) is 0 Å². The summed E-state index contributed by atoms with van der Waals surface area (Å²) in [4.78, 5) is 27.6. The summed E-state index contributed by atoms with van der Waals surface area (Å²) in [5, 5.41) is 11.8. The number of carbonyl (C=O) groups excluding carboxylic acids is 2. The molecule has 0 spiro atoms. The third-order valence-electron chi connectivity index (χ3n) is 7.06. The molecule has 1 aromatic heterocycles. The first-order valence-corrected chi connectivity index (χ1v) is 14.4. The second-order valence-corrected chi connectivity index (χ2v) is 11.7. The van der Waals surface area contributed by atoms with E-state index in [9.17, 15) is 18.0 Å². The molecule has 0 bridgehead atoms. The van der Waals surface area contributed by atoms with Gasteiger partial charge in [0.2, 0.25) is 0 Å². The van der Waals surface area contributed by atoms with Crippen LogP contribution in [-0.4, -0.2) is 40.8 Å². The Morgan fingerprint density at radius 1 is 0.850 bits per heavy atom. The van der Waals surface area contributed by atoms with Crippen molar-refractivity contribution in [1.82, 2.24) is 20.1 Å². The predicted molar refractivity (Wildman–Crippen MR) is 149 cm³/mol. The molecule has 206 valence electrons. The van der Waals surface area contributed by atoms with E-state index in [1.807, 2.05) is 66.7 Å². The van der Waals surface area contributed by atoms with Crippen LogP contribution in [0.5, 0.6) is 0 Å². The first-order chi connectivity index (χ1) is 19.3. The van der Waals surface area contributed by atoms with Crippen LogP contribution in [0.3, 0.4) is 0 Å². The van der Waals surface area contributed by atoms with E-state index in [2.05, 4.69) is 10.3 Å². The minimum atomic E-state index is -3.95. The molecule has 9 nitrogen and oxygen atoms in total. The van der Waals surface area contributed by atoms with Gasteiger partial charge in [0.1, 0.15) is 10.7 Å². The first kappa shape index (κ1) is 27.3. The molecule has 3 aromatic carbocycles. The Hall–Kier alpha value is -4.25. The molecule has 1 heterocycles. The van der Waals surface area contributed by atoms with Crippen molar-refractivity contribution >= 4 is 21.8 Å². The number of hydrogen-bond acceptors (Lipinski definition) is 5. The second-order valence-electron chi connectivity index (χ2n) is 9.82. The molecule has 40 heavy (non-hydrogen) atoms. The van der Waals surface area contributed by atoms with E-state index in [1.165, 1.54) is 16.4 Å². The van der Waals surface area contributed by atoms with Gasteiger partial charge >= 0.3 is 0 Å². The number of hydrogen-bond donors (Lipinski definition) is 4. The number of amides is 2. The maximum atomic E-state index is 13.7. The summed E-state index contributed by atoms with van der Waals surface area (Å²) in [6.45, 7) is 0.365. The average molecular weight is 559 g/mol. The SMILES string of the molecule is O=C(NO)c1ccc2c(c1)CCC(NC(=O)c1ccc(S(=O)(=O)N(Cc3ccccc3)Cc3ccccc3)[nH]1)C2. The van der Waals surface area contributed by atoms with Crippen molar-refractivity contribution in [3.63, 3.8) is 0 Å². The van der Waals surface area contributed by atoms with Gasteiger partial charge in [-0.1, -0.05) is 66.7 Å². The maximum absolute atomic E-state index is 13.7. The Morgan fingerprint density at radius 3 is 2.12 bits per heavy atom. The van der Waals surface area contributed by atoms with Gasteiger partial charge in [-0.25, -0.2) is 13.9 Å². The van der Waals surface area contributed by atoms with Gasteiger partial charge < -0.3 is 10.3 Å². The number of aromatic nitrogens is 1. The Kier molecular flexibility index (Phi) is 8.11. The number of fused-ring (bicyclic) bond motifs is 1. The van der Waals surface area contributed by atoms with Gasteiger partial charge in [0, 0.05) is 24.7 Å². The van der Waals surface area contributed by atoms with E-state index in [4.69, 9.17) is 5.21 Å². The third-order valence-corrected chi connectivity index (χ3v) is 8.79. The van der Waals surface area contributed by atoms with E-state index in [0.29, 0.717) is 24.8 Å². The number of aryl methyl sites for hydroxylation is 1. The normalized spacial score (nSPS) is 14.9. The van der Waals surface area contributed by atoms with Crippen LogP contribution < -0.4 is 10.8 Å². The van der Waals surface area contributed by atoms with Crippen LogP contribution in [0.25, 0.3) is 0 Å². The quantitative estimate of drug-likeness (QED) is 0.183. The average Bonchev–Trinajstić information content (AvgIpc) is 3.49. The summed E-state index contributed by atoms with van der Waals surface area (Å²) in [6.07, 6.45) is 1.90. The summed E-state index contributed by atoms with van der Waals surface area (Å²) in [6, 6.07) is 26.7. The van der Waals surface area contributed by atoms with E-state index in [-0.39, 0.29) is 35.8 Å². The van der Waals surface area contributed by atoms with Crippen LogP contribution in [0.1, 0.15) is 49.5 Å². The molecule has 0 saturated carbocycles. The Morgan fingerprint density at radius 2 is 1.50 bits per heavy atom. The maximum Gasteiger partial charge on any atom is 0.274 e. The molecule has 4 aromatic rings. The van der Waals surface area contributed by atoms with Crippen LogP contribution >= 0.6 is 0 Å². The number of rotatable bonds is 9. The van der Waals surface area contributed by atoms with Crippen molar-refractivity contribution in [2.75, 3.05) is 0 Å². The van der Waals surface area contributed by atoms with E-state index >= 15 is 0 Å². The van der Waals surface area contributed by atoms with Gasteiger partial charge in [0.05, 0.1) is 0 Å². The molecule has 1 unspecified atom stereocenters. The number of carbonyl (C=O) groups is 2. The lowest BCUT2D eigenvalue weighted by Crippen LogP contribution is -2.39. The third kappa shape index (κ3) is 6.15. The van der Waals surface area contributed by atoms with Gasteiger partial charge in [-0.3, -0.25) is 14.8 Å².